The van der Waals surface area contributed by atoms with Crippen LogP contribution in [0.15, 0.2) is 53.4 Å². The molecule has 1 aliphatic heterocycles. The van der Waals surface area contributed by atoms with Gasteiger partial charge >= 0.3 is 0 Å². The van der Waals surface area contributed by atoms with Crippen LogP contribution in [0.25, 0.3) is 11.4 Å². The van der Waals surface area contributed by atoms with Crippen LogP contribution in [-0.4, -0.2) is 35.1 Å². The van der Waals surface area contributed by atoms with Crippen molar-refractivity contribution in [3.63, 3.8) is 0 Å². The number of sulfonamides is 1. The Morgan fingerprint density at radius 3 is 2.66 bits per heavy atom. The standard InChI is InChI=1S/C22H24FN5O3S/c1-15(27-32(30,31)17-8-4-2-5-9-17)22(29)24-19-14-16(11-12-18(19)23)21-26-25-20-10-6-3-7-13-28(20)21/h2,4-5,8-9,11-12,14-15,27H,3,6-7,10,13H2,1H3,(H,24,29)/t15-/m0/s1. The number of nitrogens with zero attached hydrogens (tertiary/aromatic N) is 3. The predicted octanol–water partition coefficient (Wildman–Crippen LogP) is 3.12. The molecule has 0 bridgehead atoms. The van der Waals surface area contributed by atoms with Crippen LogP contribution in [0.3, 0.4) is 0 Å². The molecular formula is C22H24FN5O3S. The van der Waals surface area contributed by atoms with Crippen LogP contribution in [0.4, 0.5) is 10.1 Å². The van der Waals surface area contributed by atoms with Crippen molar-refractivity contribution in [3.05, 3.63) is 60.2 Å². The second-order valence-corrected chi connectivity index (χ2v) is 9.46. The summed E-state index contributed by atoms with van der Waals surface area (Å²) in [6.07, 6.45) is 4.03. The molecule has 0 saturated heterocycles. The molecule has 168 valence electrons. The van der Waals surface area contributed by atoms with E-state index >= 15 is 0 Å². The highest BCUT2D eigenvalue weighted by Gasteiger charge is 2.23. The quantitative estimate of drug-likeness (QED) is 0.592. The van der Waals surface area contributed by atoms with Gasteiger partial charge in [0.15, 0.2) is 5.82 Å². The molecule has 0 fully saturated rings. The number of hydrogen-bond acceptors (Lipinski definition) is 5. The summed E-state index contributed by atoms with van der Waals surface area (Å²) in [5, 5.41) is 11.0. The number of fused-ring (bicyclic) bond motifs is 1. The van der Waals surface area contributed by atoms with Crippen molar-refractivity contribution in [2.45, 2.75) is 50.1 Å². The van der Waals surface area contributed by atoms with Crippen LogP contribution in [0, 0.1) is 5.82 Å². The van der Waals surface area contributed by atoms with Gasteiger partial charge < -0.3 is 9.88 Å². The Morgan fingerprint density at radius 2 is 1.88 bits per heavy atom. The lowest BCUT2D eigenvalue weighted by Gasteiger charge is -2.15. The Balaban J connectivity index is 1.52. The van der Waals surface area contributed by atoms with Gasteiger partial charge in [-0.2, -0.15) is 4.72 Å². The molecule has 0 radical (unpaired) electrons. The lowest BCUT2D eigenvalue weighted by molar-refractivity contribution is -0.117. The first-order valence-electron chi connectivity index (χ1n) is 10.5. The van der Waals surface area contributed by atoms with E-state index in [-0.39, 0.29) is 10.6 Å². The molecule has 0 spiro atoms. The van der Waals surface area contributed by atoms with Crippen molar-refractivity contribution in [1.29, 1.82) is 0 Å². The van der Waals surface area contributed by atoms with Crippen LogP contribution in [0.5, 0.6) is 0 Å². The molecule has 0 saturated carbocycles. The van der Waals surface area contributed by atoms with Crippen LogP contribution in [-0.2, 0) is 27.8 Å². The number of amides is 1. The summed E-state index contributed by atoms with van der Waals surface area (Å²) >= 11 is 0. The maximum absolute atomic E-state index is 14.4. The summed E-state index contributed by atoms with van der Waals surface area (Å²) in [5.41, 5.74) is 0.573. The summed E-state index contributed by atoms with van der Waals surface area (Å²) in [6.45, 7) is 2.19. The highest BCUT2D eigenvalue weighted by molar-refractivity contribution is 7.89. The molecule has 2 N–H and O–H groups in total. The van der Waals surface area contributed by atoms with Gasteiger partial charge in [-0.3, -0.25) is 4.79 Å². The fourth-order valence-corrected chi connectivity index (χ4v) is 4.88. The average Bonchev–Trinajstić information content (AvgIpc) is 3.03. The highest BCUT2D eigenvalue weighted by Crippen LogP contribution is 2.26. The summed E-state index contributed by atoms with van der Waals surface area (Å²) in [7, 11) is -3.89. The second kappa shape index (κ2) is 9.17. The van der Waals surface area contributed by atoms with E-state index in [0.717, 1.165) is 38.1 Å². The zero-order valence-electron chi connectivity index (χ0n) is 17.6. The zero-order valence-corrected chi connectivity index (χ0v) is 18.4. The zero-order chi connectivity index (χ0) is 22.7. The fourth-order valence-electron chi connectivity index (χ4n) is 3.65. The smallest absolute Gasteiger partial charge is 0.242 e. The molecule has 10 heteroatoms. The third-order valence-electron chi connectivity index (χ3n) is 5.37. The van der Waals surface area contributed by atoms with Crippen LogP contribution in [0.2, 0.25) is 0 Å². The van der Waals surface area contributed by atoms with Gasteiger partial charge in [-0.15, -0.1) is 10.2 Å². The normalized spacial score (nSPS) is 14.9. The fraction of sp³-hybridized carbons (Fsp3) is 0.318. The first-order chi connectivity index (χ1) is 15.3. The Kier molecular flexibility index (Phi) is 6.33. The van der Waals surface area contributed by atoms with Crippen molar-refractivity contribution in [2.75, 3.05) is 5.32 Å². The molecular weight excluding hydrogens is 433 g/mol. The molecule has 3 aromatic rings. The Hall–Kier alpha value is -3.11. The van der Waals surface area contributed by atoms with E-state index in [1.807, 2.05) is 4.57 Å². The lowest BCUT2D eigenvalue weighted by Crippen LogP contribution is -2.41. The van der Waals surface area contributed by atoms with E-state index in [1.165, 1.54) is 31.2 Å². The van der Waals surface area contributed by atoms with Crippen LogP contribution >= 0.6 is 0 Å². The van der Waals surface area contributed by atoms with Crippen molar-refractivity contribution < 1.29 is 17.6 Å². The van der Waals surface area contributed by atoms with Gasteiger partial charge in [0, 0.05) is 18.5 Å². The lowest BCUT2D eigenvalue weighted by atomic mass is 10.1. The molecule has 2 heterocycles. The first kappa shape index (κ1) is 22.1. The van der Waals surface area contributed by atoms with E-state index < -0.39 is 27.8 Å². The maximum atomic E-state index is 14.4. The van der Waals surface area contributed by atoms with Crippen molar-refractivity contribution in [1.82, 2.24) is 19.5 Å². The molecule has 8 nitrogen and oxygen atoms in total. The Labute approximate surface area is 185 Å². The molecule has 0 aliphatic carbocycles. The van der Waals surface area contributed by atoms with Gasteiger partial charge in [0.25, 0.3) is 0 Å². The topological polar surface area (TPSA) is 106 Å². The third-order valence-corrected chi connectivity index (χ3v) is 6.93. The monoisotopic (exact) mass is 457 g/mol. The molecule has 1 aromatic heterocycles. The number of benzene rings is 2. The first-order valence-corrected chi connectivity index (χ1v) is 11.9. The average molecular weight is 458 g/mol. The van der Waals surface area contributed by atoms with E-state index in [0.29, 0.717) is 11.4 Å². The van der Waals surface area contributed by atoms with Crippen molar-refractivity contribution >= 4 is 21.6 Å². The molecule has 2 aromatic carbocycles. The number of nitrogens with one attached hydrogen (secondary N) is 2. The van der Waals surface area contributed by atoms with E-state index in [1.54, 1.807) is 24.3 Å². The van der Waals surface area contributed by atoms with Crippen molar-refractivity contribution in [3.8, 4) is 11.4 Å². The number of halogens is 1. The van der Waals surface area contributed by atoms with Gasteiger partial charge in [0.2, 0.25) is 15.9 Å². The van der Waals surface area contributed by atoms with E-state index in [4.69, 9.17) is 0 Å². The molecule has 1 aliphatic rings. The molecule has 0 unspecified atom stereocenters. The minimum Gasteiger partial charge on any atom is -0.322 e. The van der Waals surface area contributed by atoms with E-state index in [9.17, 15) is 17.6 Å². The van der Waals surface area contributed by atoms with Gasteiger partial charge in [0.05, 0.1) is 16.6 Å². The summed E-state index contributed by atoms with van der Waals surface area (Å²) in [5.74, 6) is 0.211. The predicted molar refractivity (Wildman–Crippen MR) is 118 cm³/mol. The van der Waals surface area contributed by atoms with Gasteiger partial charge in [-0.05, 0) is 50.1 Å². The van der Waals surface area contributed by atoms with Gasteiger partial charge in [-0.25, -0.2) is 12.8 Å². The Morgan fingerprint density at radius 1 is 1.09 bits per heavy atom. The SMILES string of the molecule is C[C@H](NS(=O)(=O)c1ccccc1)C(=O)Nc1cc(-c2nnc3n2CCCCC3)ccc1F. The second-order valence-electron chi connectivity index (χ2n) is 7.74. The summed E-state index contributed by atoms with van der Waals surface area (Å²) in [4.78, 5) is 12.7. The number of hydrogen-bond donors (Lipinski definition) is 2. The third kappa shape index (κ3) is 4.71. The molecule has 4 rings (SSSR count). The van der Waals surface area contributed by atoms with Crippen molar-refractivity contribution in [2.24, 2.45) is 0 Å². The number of carbonyl (C=O) groups excluding carboxylic acids is 1. The minimum absolute atomic E-state index is 0.0420. The number of rotatable bonds is 6. The number of carbonyl (C=O) groups is 1. The number of aromatic nitrogens is 3. The summed E-state index contributed by atoms with van der Waals surface area (Å²) in [6, 6.07) is 10.9. The summed E-state index contributed by atoms with van der Waals surface area (Å²) < 4.78 is 43.7. The molecule has 32 heavy (non-hydrogen) atoms. The Bertz CT molecular complexity index is 1230. The maximum Gasteiger partial charge on any atom is 0.242 e. The number of anilines is 1. The van der Waals surface area contributed by atoms with E-state index in [2.05, 4.69) is 20.2 Å². The minimum atomic E-state index is -3.89. The van der Waals surface area contributed by atoms with Crippen LogP contribution in [0.1, 0.15) is 32.0 Å². The van der Waals surface area contributed by atoms with Crippen LogP contribution < -0.4 is 10.0 Å². The highest BCUT2D eigenvalue weighted by atomic mass is 32.2. The molecule has 1 atom stereocenters. The number of aryl methyl sites for hydroxylation is 1. The molecule has 1 amide bonds. The largest absolute Gasteiger partial charge is 0.322 e. The van der Waals surface area contributed by atoms with Gasteiger partial charge in [-0.1, -0.05) is 24.6 Å². The van der Waals surface area contributed by atoms with Gasteiger partial charge in [0.1, 0.15) is 11.6 Å².